The molecule has 6 N–H and O–H groups in total. The lowest BCUT2D eigenvalue weighted by Crippen LogP contribution is -2.60. The number of rotatable bonds is 33. The molecule has 12 atom stereocenters. The second-order valence-electron chi connectivity index (χ2n) is 24.4. The molecule has 1 saturated heterocycles. The quantitative estimate of drug-likeness (QED) is 0.0320. The van der Waals surface area contributed by atoms with Gasteiger partial charge in [-0.1, -0.05) is 111 Å². The van der Waals surface area contributed by atoms with Gasteiger partial charge in [0.25, 0.3) is 11.8 Å². The summed E-state index contributed by atoms with van der Waals surface area (Å²) in [6.45, 7) is 20.0. The van der Waals surface area contributed by atoms with Gasteiger partial charge in [-0.3, -0.25) is 53.0 Å². The third kappa shape index (κ3) is 20.4. The Labute approximate surface area is 541 Å². The lowest BCUT2D eigenvalue weighted by molar-refractivity contribution is -0.148. The molecule has 2 aliphatic rings. The van der Waals surface area contributed by atoms with Crippen LogP contribution in [0.5, 0.6) is 0 Å². The number of anilines is 1. The van der Waals surface area contributed by atoms with Crippen LogP contribution in [0.4, 0.5) is 10.5 Å². The van der Waals surface area contributed by atoms with Crippen LogP contribution >= 0.6 is 31.9 Å². The predicted octanol–water partition coefficient (Wildman–Crippen LogP) is 6.70. The lowest BCUT2D eigenvalue weighted by atomic mass is 9.89. The number of ether oxygens (including phenoxy) is 3. The number of unbranched alkanes of at least 4 members (excludes halogenated alkanes) is 1. The van der Waals surface area contributed by atoms with Crippen molar-refractivity contribution in [1.82, 2.24) is 40.9 Å². The number of likely N-dealkylation sites (tertiary alicyclic amines) is 1. The first kappa shape index (κ1) is 75.2. The van der Waals surface area contributed by atoms with Crippen molar-refractivity contribution in [2.75, 3.05) is 46.7 Å². The third-order valence-corrected chi connectivity index (χ3v) is 18.8. The molecule has 4 rings (SSSR count). The van der Waals surface area contributed by atoms with E-state index in [-0.39, 0.29) is 58.6 Å². The van der Waals surface area contributed by atoms with Crippen molar-refractivity contribution in [3.05, 3.63) is 74.7 Å². The minimum absolute atomic E-state index is 0.0434. The van der Waals surface area contributed by atoms with Crippen LogP contribution in [-0.4, -0.2) is 180 Å². The van der Waals surface area contributed by atoms with E-state index in [9.17, 15) is 53.1 Å². The molecule has 0 aromatic heterocycles. The number of hydrogen-bond donors (Lipinski definition) is 6. The molecule has 0 radical (unpaired) electrons. The van der Waals surface area contributed by atoms with E-state index in [0.717, 1.165) is 4.90 Å². The summed E-state index contributed by atoms with van der Waals surface area (Å²) in [5.74, 6) is -5.96. The molecule has 89 heavy (non-hydrogen) atoms. The van der Waals surface area contributed by atoms with Crippen LogP contribution in [-0.2, 0) is 64.0 Å². The molecule has 25 heteroatoms. The Kier molecular flexibility index (Phi) is 29.9. The maximum atomic E-state index is 14.8. The summed E-state index contributed by atoms with van der Waals surface area (Å²) in [4.78, 5) is 140. The monoisotopic (exact) mass is 1370 g/mol. The van der Waals surface area contributed by atoms with E-state index in [2.05, 4.69) is 58.4 Å². The molecule has 0 bridgehead atoms. The average Bonchev–Trinajstić information content (AvgIpc) is 2.13. The minimum Gasteiger partial charge on any atom is -0.445 e. The number of nitrogens with zero attached hydrogens (tertiary/aromatic N) is 4. The summed E-state index contributed by atoms with van der Waals surface area (Å²) in [6.07, 6.45) is -0.563. The smallest absolute Gasteiger partial charge is 0.410 e. The molecule has 1 fully saturated rings. The number of aliphatic hydroxyl groups is 1. The normalized spacial score (nSPS) is 18.1. The van der Waals surface area contributed by atoms with Gasteiger partial charge in [-0.15, -0.1) is 0 Å². The molecule has 0 aliphatic carbocycles. The zero-order valence-corrected chi connectivity index (χ0v) is 57.4. The number of carbonyl (C=O) groups is 10. The second-order valence-corrected chi connectivity index (χ2v) is 26.0. The standard InChI is InChI=1S/C64H95Br2N9O14/c1-16-38(8)54(46(87-14)33-48(77)74-32-22-25-45(74)56(88-15)39(9)57(79)67-40(10)55(78)43-23-18-17-19-24-43)72(12)63(85)52(36(4)5)71-60(82)53(37(6)7)73(13)64(86)89-34-42-27-29-44(30-28-42)69-58(80)41(11)68-59(81)51(35(2)3)70-47(76)26-20-21-31-75-61(83)49(65)50(66)62(75)84/h17-19,23-24,27-30,35-41,45-46,51-56,78H,16,20-22,25-26,31-34H2,1-15H3,(H,67,79)(H,68,81)(H,69,80)(H,70,76)(H,71,82)/t38-,39-,40+,41-,45+,46-,51-,52+,53+,54+,55+,56-/m1/s1. The molecule has 494 valence electrons. The number of amides is 10. The van der Waals surface area contributed by atoms with Gasteiger partial charge in [-0.25, -0.2) is 4.79 Å². The van der Waals surface area contributed by atoms with Crippen molar-refractivity contribution in [3.8, 4) is 0 Å². The SMILES string of the molecule is CC[C@@H](C)[C@@H]([C@@H](CC(=O)N1CCC[C@H]1[C@H](OC)[C@@H](C)C(=O)N[C@@H](C)[C@H](O)c1ccccc1)OC)N(C)C(=O)[C@@H](NC(=O)[C@H](C(C)C)N(C)C(=O)OCc1ccc(NC(=O)[C@@H](C)NC(=O)[C@H](NC(=O)CCCCN2C(=O)C(Br)=C(Br)C2=O)C(C)C)cc1)C(C)C. The van der Waals surface area contributed by atoms with Gasteiger partial charge < -0.3 is 55.7 Å². The average molecular weight is 1370 g/mol. The van der Waals surface area contributed by atoms with Crippen molar-refractivity contribution >= 4 is 96.8 Å². The van der Waals surface area contributed by atoms with Crippen LogP contribution in [0.1, 0.15) is 138 Å². The Hall–Kier alpha value is -6.28. The van der Waals surface area contributed by atoms with Gasteiger partial charge in [0, 0.05) is 53.5 Å². The highest BCUT2D eigenvalue weighted by atomic mass is 79.9. The topological polar surface area (TPSA) is 292 Å². The van der Waals surface area contributed by atoms with Gasteiger partial charge in [0.15, 0.2) is 0 Å². The first-order valence-corrected chi connectivity index (χ1v) is 32.3. The Morgan fingerprint density at radius 2 is 1.31 bits per heavy atom. The summed E-state index contributed by atoms with van der Waals surface area (Å²) in [5.41, 5.74) is 1.62. The van der Waals surface area contributed by atoms with E-state index >= 15 is 0 Å². The van der Waals surface area contributed by atoms with Crippen LogP contribution in [0.15, 0.2) is 63.6 Å². The van der Waals surface area contributed by atoms with Crippen LogP contribution in [0, 0.1) is 29.6 Å². The zero-order chi connectivity index (χ0) is 66.7. The number of halogens is 2. The maximum absolute atomic E-state index is 14.8. The van der Waals surface area contributed by atoms with Gasteiger partial charge in [0.1, 0.15) is 39.7 Å². The Morgan fingerprint density at radius 3 is 1.87 bits per heavy atom. The number of nitrogens with one attached hydrogen (secondary N) is 5. The van der Waals surface area contributed by atoms with E-state index in [0.29, 0.717) is 55.5 Å². The molecule has 2 aromatic rings. The van der Waals surface area contributed by atoms with Crippen molar-refractivity contribution in [1.29, 1.82) is 0 Å². The summed E-state index contributed by atoms with van der Waals surface area (Å²) >= 11 is 6.18. The molecular formula is C64H95Br2N9O14. The lowest BCUT2D eigenvalue weighted by Gasteiger charge is -2.41. The molecule has 0 unspecified atom stereocenters. The molecule has 2 heterocycles. The highest BCUT2D eigenvalue weighted by Crippen LogP contribution is 2.32. The van der Waals surface area contributed by atoms with E-state index in [1.807, 2.05) is 32.0 Å². The van der Waals surface area contributed by atoms with Crippen molar-refractivity contribution < 1.29 is 67.3 Å². The van der Waals surface area contributed by atoms with Gasteiger partial charge in [-0.05, 0) is 118 Å². The first-order chi connectivity index (χ1) is 41.9. The number of hydrogen-bond acceptors (Lipinski definition) is 14. The van der Waals surface area contributed by atoms with Crippen LogP contribution in [0.25, 0.3) is 0 Å². The van der Waals surface area contributed by atoms with Crippen LogP contribution < -0.4 is 26.6 Å². The molecule has 2 aromatic carbocycles. The number of imide groups is 1. The summed E-state index contributed by atoms with van der Waals surface area (Å²) in [7, 11) is 6.10. The van der Waals surface area contributed by atoms with Gasteiger partial charge in [-0.2, -0.15) is 0 Å². The van der Waals surface area contributed by atoms with Gasteiger partial charge in [0.2, 0.25) is 41.4 Å². The fourth-order valence-corrected chi connectivity index (χ4v) is 12.1. The summed E-state index contributed by atoms with van der Waals surface area (Å²) < 4.78 is 18.0. The molecule has 10 amide bonds. The Bertz CT molecular complexity index is 2780. The van der Waals surface area contributed by atoms with Crippen molar-refractivity contribution in [2.24, 2.45) is 29.6 Å². The second kappa shape index (κ2) is 35.4. The fraction of sp³-hybridized carbons (Fsp3) is 0.625. The highest BCUT2D eigenvalue weighted by Gasteiger charge is 2.44. The largest absolute Gasteiger partial charge is 0.445 e. The van der Waals surface area contributed by atoms with E-state index in [4.69, 9.17) is 14.2 Å². The van der Waals surface area contributed by atoms with Crippen molar-refractivity contribution in [3.63, 3.8) is 0 Å². The first-order valence-electron chi connectivity index (χ1n) is 30.7. The van der Waals surface area contributed by atoms with Crippen LogP contribution in [0.3, 0.4) is 0 Å². The fourth-order valence-electron chi connectivity index (χ4n) is 11.3. The minimum atomic E-state index is -1.06. The third-order valence-electron chi connectivity index (χ3n) is 16.8. The summed E-state index contributed by atoms with van der Waals surface area (Å²) in [6, 6.07) is 9.83. The number of carbonyl (C=O) groups excluding carboxylic acids is 10. The van der Waals surface area contributed by atoms with E-state index in [1.165, 1.54) is 33.1 Å². The molecule has 23 nitrogen and oxygen atoms in total. The Balaban J connectivity index is 1.32. The molecule has 2 aliphatic heterocycles. The van der Waals surface area contributed by atoms with Gasteiger partial charge in [0.05, 0.1) is 48.8 Å². The maximum Gasteiger partial charge on any atom is 0.410 e. The van der Waals surface area contributed by atoms with Crippen molar-refractivity contribution in [2.45, 2.75) is 188 Å². The van der Waals surface area contributed by atoms with Crippen LogP contribution in [0.2, 0.25) is 0 Å². The summed E-state index contributed by atoms with van der Waals surface area (Å²) in [5, 5.41) is 25.0. The molecular weight excluding hydrogens is 1280 g/mol. The number of likely N-dealkylation sites (N-methyl/N-ethyl adjacent to an activating group) is 2. The number of benzene rings is 2. The zero-order valence-electron chi connectivity index (χ0n) is 54.2. The molecule has 0 saturated carbocycles. The predicted molar refractivity (Wildman–Crippen MR) is 343 cm³/mol. The van der Waals surface area contributed by atoms with E-state index < -0.39 is 126 Å². The highest BCUT2D eigenvalue weighted by molar-refractivity contribution is 9.14. The number of methoxy groups -OCH3 is 2. The van der Waals surface area contributed by atoms with E-state index in [1.54, 1.807) is 109 Å². The Morgan fingerprint density at radius 1 is 0.708 bits per heavy atom. The molecule has 0 spiro atoms. The van der Waals surface area contributed by atoms with Gasteiger partial charge >= 0.3 is 6.09 Å². The number of aliphatic hydroxyl groups excluding tert-OH is 1.